The molecule has 0 aliphatic heterocycles. The summed E-state index contributed by atoms with van der Waals surface area (Å²) < 4.78 is 13.7. The Hall–Kier alpha value is -1.87. The molecule has 0 N–H and O–H groups in total. The third-order valence-electron chi connectivity index (χ3n) is 2.81. The zero-order chi connectivity index (χ0) is 15.8. The van der Waals surface area contributed by atoms with Crippen LogP contribution in [0.5, 0.6) is 0 Å². The smallest absolute Gasteiger partial charge is 0.193 e. The van der Waals surface area contributed by atoms with E-state index < -0.39 is 0 Å². The van der Waals surface area contributed by atoms with Crippen LogP contribution in [0.1, 0.15) is 29.8 Å². The van der Waals surface area contributed by atoms with Gasteiger partial charge in [0.05, 0.1) is 0 Å². The van der Waals surface area contributed by atoms with E-state index in [2.05, 4.69) is 6.58 Å². The van der Waals surface area contributed by atoms with E-state index in [0.29, 0.717) is 16.0 Å². The second-order valence-corrected chi connectivity index (χ2v) is 4.87. The van der Waals surface area contributed by atoms with Crippen molar-refractivity contribution in [1.29, 1.82) is 0 Å². The van der Waals surface area contributed by atoms with Crippen LogP contribution in [0.2, 0.25) is 0 Å². The number of halogens is 1. The van der Waals surface area contributed by atoms with Gasteiger partial charge in [-0.1, -0.05) is 50.8 Å². The summed E-state index contributed by atoms with van der Waals surface area (Å²) in [6.45, 7) is 7.80. The number of rotatable bonds is 4. The molecule has 0 fully saturated rings. The van der Waals surface area contributed by atoms with Crippen molar-refractivity contribution >= 4 is 23.1 Å². The summed E-state index contributed by atoms with van der Waals surface area (Å²) >= 11 is 1.31. The van der Waals surface area contributed by atoms with Crippen molar-refractivity contribution in [3.63, 3.8) is 0 Å². The first kappa shape index (κ1) is 17.2. The summed E-state index contributed by atoms with van der Waals surface area (Å²) in [5.74, 6) is -0.628. The van der Waals surface area contributed by atoms with Gasteiger partial charge in [0.25, 0.3) is 0 Å². The molecule has 3 heteroatoms. The van der Waals surface area contributed by atoms with Crippen LogP contribution in [0, 0.1) is 5.82 Å². The lowest BCUT2D eigenvalue weighted by molar-refractivity contribution is 0.105. The SMILES string of the molecule is C=C(C(=O)c1ccc(SC)c(F)c1)c1ccccc1.CC. The standard InChI is InChI=1S/C16H13FOS.C2H6/c1-11(12-6-4-3-5-7-12)16(18)13-8-9-15(19-2)14(17)10-13;1-2/h3-10H,1H2,2H3;1-2H3. The van der Waals surface area contributed by atoms with Crippen LogP contribution in [-0.2, 0) is 0 Å². The number of allylic oxidation sites excluding steroid dienone is 1. The quantitative estimate of drug-likeness (QED) is 0.423. The number of benzene rings is 2. The van der Waals surface area contributed by atoms with Crippen LogP contribution in [0.15, 0.2) is 60.0 Å². The van der Waals surface area contributed by atoms with Gasteiger partial charge in [-0.3, -0.25) is 4.79 Å². The van der Waals surface area contributed by atoms with E-state index in [-0.39, 0.29) is 11.6 Å². The number of ketones is 1. The normalized spacial score (nSPS) is 9.52. The van der Waals surface area contributed by atoms with Crippen LogP contribution in [0.25, 0.3) is 5.57 Å². The first-order chi connectivity index (χ1) is 10.1. The molecular weight excluding hydrogens is 283 g/mol. The lowest BCUT2D eigenvalue weighted by Crippen LogP contribution is -2.02. The molecule has 0 saturated heterocycles. The first-order valence-electron chi connectivity index (χ1n) is 6.76. The van der Waals surface area contributed by atoms with Gasteiger partial charge in [-0.25, -0.2) is 4.39 Å². The van der Waals surface area contributed by atoms with E-state index in [9.17, 15) is 9.18 Å². The predicted octanol–water partition coefficient (Wildman–Crippen LogP) is 5.47. The molecule has 1 nitrogen and oxygen atoms in total. The Morgan fingerprint density at radius 2 is 1.67 bits per heavy atom. The van der Waals surface area contributed by atoms with Gasteiger partial charge in [0.15, 0.2) is 5.78 Å². The van der Waals surface area contributed by atoms with Gasteiger partial charge in [-0.2, -0.15) is 0 Å². The van der Waals surface area contributed by atoms with Crippen LogP contribution >= 0.6 is 11.8 Å². The highest BCUT2D eigenvalue weighted by Crippen LogP contribution is 2.23. The highest BCUT2D eigenvalue weighted by molar-refractivity contribution is 7.98. The molecule has 0 unspecified atom stereocenters. The zero-order valence-electron chi connectivity index (χ0n) is 12.5. The van der Waals surface area contributed by atoms with E-state index in [1.54, 1.807) is 18.4 Å². The molecule has 0 saturated carbocycles. The summed E-state index contributed by atoms with van der Waals surface area (Å²) in [4.78, 5) is 12.8. The maximum Gasteiger partial charge on any atom is 0.193 e. The molecule has 0 aliphatic carbocycles. The van der Waals surface area contributed by atoms with Crippen molar-refractivity contribution in [2.24, 2.45) is 0 Å². The number of thioether (sulfide) groups is 1. The molecule has 0 atom stereocenters. The van der Waals surface area contributed by atoms with Crippen LogP contribution < -0.4 is 0 Å². The maximum absolute atomic E-state index is 13.7. The van der Waals surface area contributed by atoms with Gasteiger partial charge in [0, 0.05) is 16.0 Å². The van der Waals surface area contributed by atoms with Gasteiger partial charge in [0.1, 0.15) is 5.82 Å². The Kier molecular flexibility index (Phi) is 6.89. The van der Waals surface area contributed by atoms with E-state index >= 15 is 0 Å². The molecule has 110 valence electrons. The van der Waals surface area contributed by atoms with Gasteiger partial charge >= 0.3 is 0 Å². The van der Waals surface area contributed by atoms with Gasteiger partial charge < -0.3 is 0 Å². The summed E-state index contributed by atoms with van der Waals surface area (Å²) in [6.07, 6.45) is 1.79. The Morgan fingerprint density at radius 1 is 1.05 bits per heavy atom. The summed E-state index contributed by atoms with van der Waals surface area (Å²) in [5, 5.41) is 0. The lowest BCUT2D eigenvalue weighted by atomic mass is 9.98. The molecule has 21 heavy (non-hydrogen) atoms. The highest BCUT2D eigenvalue weighted by atomic mass is 32.2. The fraction of sp³-hybridized carbons (Fsp3) is 0.167. The average molecular weight is 302 g/mol. The number of hydrogen-bond donors (Lipinski definition) is 0. The Morgan fingerprint density at radius 3 is 2.19 bits per heavy atom. The third kappa shape index (κ3) is 4.30. The third-order valence-corrected chi connectivity index (χ3v) is 3.58. The Bertz CT molecular complexity index is 620. The maximum atomic E-state index is 13.7. The second-order valence-electron chi connectivity index (χ2n) is 4.02. The predicted molar refractivity (Wildman–Crippen MR) is 89.3 cm³/mol. The summed E-state index contributed by atoms with van der Waals surface area (Å²) in [5.41, 5.74) is 1.45. The molecule has 0 bridgehead atoms. The minimum Gasteiger partial charge on any atom is -0.289 e. The van der Waals surface area contributed by atoms with Gasteiger partial charge in [-0.15, -0.1) is 11.8 Å². The second kappa shape index (κ2) is 8.42. The summed E-state index contributed by atoms with van der Waals surface area (Å²) in [7, 11) is 0. The monoisotopic (exact) mass is 302 g/mol. The largest absolute Gasteiger partial charge is 0.289 e. The van der Waals surface area contributed by atoms with Crippen molar-refractivity contribution in [1.82, 2.24) is 0 Å². The minimum absolute atomic E-state index is 0.252. The van der Waals surface area contributed by atoms with Crippen molar-refractivity contribution in [3.8, 4) is 0 Å². The molecule has 0 spiro atoms. The van der Waals surface area contributed by atoms with E-state index in [1.807, 2.05) is 44.2 Å². The average Bonchev–Trinajstić information content (AvgIpc) is 2.56. The molecular formula is C18H19FOS. The van der Waals surface area contributed by atoms with E-state index in [0.717, 1.165) is 5.56 Å². The zero-order valence-corrected chi connectivity index (χ0v) is 13.3. The molecule has 0 heterocycles. The molecule has 2 aromatic carbocycles. The van der Waals surface area contributed by atoms with E-state index in [4.69, 9.17) is 0 Å². The van der Waals surface area contributed by atoms with Gasteiger partial charge in [-0.05, 0) is 30.0 Å². The molecule has 0 aliphatic rings. The number of Topliss-reactive ketones (excluding diaryl/α,β-unsaturated/α-hetero) is 1. The van der Waals surface area contributed by atoms with Crippen LogP contribution in [-0.4, -0.2) is 12.0 Å². The van der Waals surface area contributed by atoms with Gasteiger partial charge in [0.2, 0.25) is 0 Å². The lowest BCUT2D eigenvalue weighted by Gasteiger charge is -2.06. The number of carbonyl (C=O) groups excluding carboxylic acids is 1. The molecule has 0 radical (unpaired) electrons. The van der Waals surface area contributed by atoms with Crippen LogP contribution in [0.3, 0.4) is 0 Å². The fourth-order valence-electron chi connectivity index (χ4n) is 1.75. The number of hydrogen-bond acceptors (Lipinski definition) is 2. The van der Waals surface area contributed by atoms with Crippen LogP contribution in [0.4, 0.5) is 4.39 Å². The van der Waals surface area contributed by atoms with E-state index in [1.165, 1.54) is 17.8 Å². The van der Waals surface area contributed by atoms with Crippen molar-refractivity contribution in [3.05, 3.63) is 72.1 Å². The topological polar surface area (TPSA) is 17.1 Å². The molecule has 0 amide bonds. The summed E-state index contributed by atoms with van der Waals surface area (Å²) in [6, 6.07) is 13.7. The highest BCUT2D eigenvalue weighted by Gasteiger charge is 2.13. The molecule has 2 rings (SSSR count). The fourth-order valence-corrected chi connectivity index (χ4v) is 2.21. The van der Waals surface area contributed by atoms with Crippen molar-refractivity contribution < 1.29 is 9.18 Å². The Balaban J connectivity index is 0.00000106. The van der Waals surface area contributed by atoms with Crippen molar-refractivity contribution in [2.75, 3.05) is 6.26 Å². The molecule has 0 aromatic heterocycles. The van der Waals surface area contributed by atoms with Crippen molar-refractivity contribution in [2.45, 2.75) is 18.7 Å². The Labute approximate surface area is 129 Å². The first-order valence-corrected chi connectivity index (χ1v) is 7.98. The minimum atomic E-state index is -0.376. The molecule has 2 aromatic rings. The number of carbonyl (C=O) groups is 1.